The molecule has 0 fully saturated rings. The molecular formula is C21H26N4O3. The monoisotopic (exact) mass is 382 g/mol. The van der Waals surface area contributed by atoms with Gasteiger partial charge in [-0.2, -0.15) is 5.10 Å². The van der Waals surface area contributed by atoms with Crippen LogP contribution in [0, 0.1) is 12.8 Å². The fourth-order valence-electron chi connectivity index (χ4n) is 3.03. The first-order valence-corrected chi connectivity index (χ1v) is 9.28. The lowest BCUT2D eigenvalue weighted by molar-refractivity contribution is -0.119. The van der Waals surface area contributed by atoms with Crippen LogP contribution in [0.5, 0.6) is 17.4 Å². The summed E-state index contributed by atoms with van der Waals surface area (Å²) >= 11 is 0. The van der Waals surface area contributed by atoms with Crippen LogP contribution in [0.3, 0.4) is 0 Å². The van der Waals surface area contributed by atoms with Crippen molar-refractivity contribution in [2.75, 3.05) is 5.32 Å². The van der Waals surface area contributed by atoms with E-state index in [0.717, 1.165) is 5.56 Å². The average Bonchev–Trinajstić information content (AvgIpc) is 3.20. The van der Waals surface area contributed by atoms with E-state index in [0.29, 0.717) is 23.7 Å². The number of ether oxygens (including phenoxy) is 1. The molecule has 0 saturated heterocycles. The Kier molecular flexibility index (Phi) is 5.73. The van der Waals surface area contributed by atoms with Gasteiger partial charge in [0.25, 0.3) is 0 Å². The molecule has 2 aromatic heterocycles. The number of amides is 1. The van der Waals surface area contributed by atoms with Crippen molar-refractivity contribution in [3.05, 3.63) is 54.4 Å². The molecule has 3 rings (SSSR count). The minimum Gasteiger partial charge on any atom is -0.494 e. The van der Waals surface area contributed by atoms with Gasteiger partial charge in [0.2, 0.25) is 5.91 Å². The van der Waals surface area contributed by atoms with Crippen molar-refractivity contribution < 1.29 is 14.6 Å². The fraction of sp³-hybridized carbons (Fsp3) is 0.333. The van der Waals surface area contributed by atoms with Crippen LogP contribution in [0.4, 0.5) is 5.82 Å². The number of nitrogens with one attached hydrogen (secondary N) is 1. The van der Waals surface area contributed by atoms with Gasteiger partial charge in [-0.1, -0.05) is 32.0 Å². The highest BCUT2D eigenvalue weighted by Crippen LogP contribution is 2.33. The van der Waals surface area contributed by atoms with Crippen LogP contribution in [0.2, 0.25) is 0 Å². The maximum atomic E-state index is 12.9. The molecule has 0 aliphatic heterocycles. The van der Waals surface area contributed by atoms with Gasteiger partial charge in [-0.3, -0.25) is 9.48 Å². The molecule has 1 aromatic carbocycles. The highest BCUT2D eigenvalue weighted by atomic mass is 16.5. The number of anilines is 1. The molecule has 7 heteroatoms. The van der Waals surface area contributed by atoms with Gasteiger partial charge in [0.15, 0.2) is 11.7 Å². The van der Waals surface area contributed by atoms with Crippen molar-refractivity contribution in [1.82, 2.24) is 14.3 Å². The molecular weight excluding hydrogens is 356 g/mol. The molecule has 7 nitrogen and oxygen atoms in total. The van der Waals surface area contributed by atoms with Gasteiger partial charge in [-0.25, -0.2) is 0 Å². The van der Waals surface area contributed by atoms with Gasteiger partial charge in [0.05, 0.1) is 6.20 Å². The molecule has 1 amide bonds. The van der Waals surface area contributed by atoms with E-state index in [1.165, 1.54) is 6.07 Å². The zero-order valence-corrected chi connectivity index (χ0v) is 16.6. The van der Waals surface area contributed by atoms with Gasteiger partial charge in [0.1, 0.15) is 17.5 Å². The van der Waals surface area contributed by atoms with Crippen molar-refractivity contribution in [2.24, 2.45) is 13.0 Å². The Morgan fingerprint density at radius 1 is 1.29 bits per heavy atom. The Morgan fingerprint density at radius 2 is 2.04 bits per heavy atom. The molecule has 0 radical (unpaired) electrons. The molecule has 2 heterocycles. The molecule has 148 valence electrons. The third-order valence-electron chi connectivity index (χ3n) is 4.42. The topological polar surface area (TPSA) is 81.3 Å². The van der Waals surface area contributed by atoms with Gasteiger partial charge in [-0.15, -0.1) is 0 Å². The third kappa shape index (κ3) is 4.54. The van der Waals surface area contributed by atoms with Crippen LogP contribution in [-0.2, 0) is 11.8 Å². The zero-order chi connectivity index (χ0) is 20.3. The summed E-state index contributed by atoms with van der Waals surface area (Å²) < 4.78 is 9.07. The molecule has 0 saturated carbocycles. The van der Waals surface area contributed by atoms with E-state index in [2.05, 4.69) is 10.4 Å². The number of benzene rings is 1. The van der Waals surface area contributed by atoms with Crippen molar-refractivity contribution in [1.29, 1.82) is 0 Å². The Labute approximate surface area is 164 Å². The standard InChI is InChI=1S/C21H26N4O3/c1-14(2)11-17(21(27)22-19-9-10-24(4)23-19)25-13-16(12-20(25)26)28-18-8-6-5-7-15(18)3/h5-10,12-14,17,26H,11H2,1-4H3,(H,22,23,27)/t17-/m0/s1. The summed E-state index contributed by atoms with van der Waals surface area (Å²) in [6.07, 6.45) is 3.98. The van der Waals surface area contributed by atoms with Gasteiger partial charge < -0.3 is 19.7 Å². The first-order valence-electron chi connectivity index (χ1n) is 9.28. The maximum Gasteiger partial charge on any atom is 0.248 e. The van der Waals surface area contributed by atoms with Gasteiger partial charge in [-0.05, 0) is 30.9 Å². The summed E-state index contributed by atoms with van der Waals surface area (Å²) in [7, 11) is 1.79. The number of hydrogen-bond donors (Lipinski definition) is 2. The molecule has 1 atom stereocenters. The summed E-state index contributed by atoms with van der Waals surface area (Å²) in [4.78, 5) is 12.9. The second kappa shape index (κ2) is 8.21. The van der Waals surface area contributed by atoms with E-state index in [9.17, 15) is 9.90 Å². The second-order valence-electron chi connectivity index (χ2n) is 7.32. The van der Waals surface area contributed by atoms with Crippen LogP contribution >= 0.6 is 0 Å². The molecule has 0 aliphatic carbocycles. The normalized spacial score (nSPS) is 12.2. The highest BCUT2D eigenvalue weighted by Gasteiger charge is 2.25. The lowest BCUT2D eigenvalue weighted by atomic mass is 10.0. The Balaban J connectivity index is 1.84. The lowest BCUT2D eigenvalue weighted by Crippen LogP contribution is -2.27. The van der Waals surface area contributed by atoms with E-state index in [1.54, 1.807) is 34.8 Å². The lowest BCUT2D eigenvalue weighted by Gasteiger charge is -2.20. The predicted molar refractivity (Wildman–Crippen MR) is 108 cm³/mol. The number of hydrogen-bond acceptors (Lipinski definition) is 4. The van der Waals surface area contributed by atoms with Crippen LogP contribution < -0.4 is 10.1 Å². The quantitative estimate of drug-likeness (QED) is 0.640. The van der Waals surface area contributed by atoms with Crippen LogP contribution in [0.25, 0.3) is 0 Å². The number of aromatic nitrogens is 3. The summed E-state index contributed by atoms with van der Waals surface area (Å²) in [5.41, 5.74) is 0.987. The predicted octanol–water partition coefficient (Wildman–Crippen LogP) is 4.25. The van der Waals surface area contributed by atoms with Gasteiger partial charge >= 0.3 is 0 Å². The SMILES string of the molecule is Cc1ccccc1Oc1cc(O)n([C@@H](CC(C)C)C(=O)Nc2ccn(C)n2)c1. The minimum absolute atomic E-state index is 0.0228. The zero-order valence-electron chi connectivity index (χ0n) is 16.6. The Morgan fingerprint density at radius 3 is 2.68 bits per heavy atom. The molecule has 0 bridgehead atoms. The highest BCUT2D eigenvalue weighted by molar-refractivity contribution is 5.93. The number of para-hydroxylation sites is 1. The molecule has 0 aliphatic rings. The number of aromatic hydroxyl groups is 1. The molecule has 3 aromatic rings. The third-order valence-corrected chi connectivity index (χ3v) is 4.42. The van der Waals surface area contributed by atoms with E-state index in [-0.39, 0.29) is 17.7 Å². The largest absolute Gasteiger partial charge is 0.494 e. The Hall–Kier alpha value is -3.22. The van der Waals surface area contributed by atoms with Crippen LogP contribution in [0.1, 0.15) is 31.9 Å². The maximum absolute atomic E-state index is 12.9. The molecule has 0 spiro atoms. The van der Waals surface area contributed by atoms with Crippen molar-refractivity contribution in [3.8, 4) is 17.4 Å². The summed E-state index contributed by atoms with van der Waals surface area (Å²) in [5.74, 6) is 1.65. The average molecular weight is 382 g/mol. The number of carbonyl (C=O) groups is 1. The first kappa shape index (κ1) is 19.5. The smallest absolute Gasteiger partial charge is 0.248 e. The van der Waals surface area contributed by atoms with Gasteiger partial charge in [0, 0.05) is 25.4 Å². The molecule has 0 unspecified atom stereocenters. The van der Waals surface area contributed by atoms with E-state index in [1.807, 2.05) is 45.0 Å². The summed E-state index contributed by atoms with van der Waals surface area (Å²) in [6, 6.07) is 10.3. The summed E-state index contributed by atoms with van der Waals surface area (Å²) in [6.45, 7) is 6.02. The van der Waals surface area contributed by atoms with Crippen LogP contribution in [-0.4, -0.2) is 25.4 Å². The number of carbonyl (C=O) groups excluding carboxylic acids is 1. The number of aryl methyl sites for hydroxylation is 2. The van der Waals surface area contributed by atoms with Crippen molar-refractivity contribution >= 4 is 11.7 Å². The van der Waals surface area contributed by atoms with E-state index >= 15 is 0 Å². The second-order valence-corrected chi connectivity index (χ2v) is 7.32. The summed E-state index contributed by atoms with van der Waals surface area (Å²) in [5, 5.41) is 17.5. The minimum atomic E-state index is -0.587. The Bertz CT molecular complexity index is 958. The number of nitrogens with zero attached hydrogens (tertiary/aromatic N) is 3. The first-order chi connectivity index (χ1) is 13.3. The number of rotatable bonds is 7. The van der Waals surface area contributed by atoms with Crippen molar-refractivity contribution in [2.45, 2.75) is 33.2 Å². The van der Waals surface area contributed by atoms with Crippen LogP contribution in [0.15, 0.2) is 48.8 Å². The molecule has 2 N–H and O–H groups in total. The fourth-order valence-corrected chi connectivity index (χ4v) is 3.03. The van der Waals surface area contributed by atoms with Crippen molar-refractivity contribution in [3.63, 3.8) is 0 Å². The van der Waals surface area contributed by atoms with E-state index < -0.39 is 6.04 Å². The van der Waals surface area contributed by atoms with E-state index in [4.69, 9.17) is 4.74 Å². The molecule has 28 heavy (non-hydrogen) atoms.